The zero-order valence-corrected chi connectivity index (χ0v) is 10.6. The summed E-state index contributed by atoms with van der Waals surface area (Å²) in [5, 5.41) is 0. The van der Waals surface area contributed by atoms with Crippen LogP contribution in [0.4, 0.5) is 0 Å². The summed E-state index contributed by atoms with van der Waals surface area (Å²) in [7, 11) is 1.63. The Balaban J connectivity index is 2.06. The van der Waals surface area contributed by atoms with E-state index in [-0.39, 0.29) is 11.9 Å². The van der Waals surface area contributed by atoms with Crippen LogP contribution in [-0.2, 0) is 4.79 Å². The van der Waals surface area contributed by atoms with Gasteiger partial charge in [0.05, 0.1) is 7.11 Å². The highest BCUT2D eigenvalue weighted by Gasteiger charge is 2.35. The third-order valence-electron chi connectivity index (χ3n) is 3.75. The molecule has 3 nitrogen and oxygen atoms in total. The highest BCUT2D eigenvalue weighted by molar-refractivity contribution is 6.02. The first-order valence-corrected chi connectivity index (χ1v) is 6.28. The number of rotatable bonds is 1. The highest BCUT2D eigenvalue weighted by Crippen LogP contribution is 2.38. The molecule has 18 heavy (non-hydrogen) atoms. The van der Waals surface area contributed by atoms with Crippen LogP contribution in [0.5, 0.6) is 11.5 Å². The largest absolute Gasteiger partial charge is 0.497 e. The molecule has 2 aliphatic rings. The Bertz CT molecular complexity index is 531. The molecule has 1 heterocycles. The summed E-state index contributed by atoms with van der Waals surface area (Å²) in [5.74, 6) is 2.23. The summed E-state index contributed by atoms with van der Waals surface area (Å²) in [4.78, 5) is 12.0. The van der Waals surface area contributed by atoms with Crippen LogP contribution in [-0.4, -0.2) is 19.0 Å². The van der Waals surface area contributed by atoms with E-state index in [1.165, 1.54) is 0 Å². The second-order valence-electron chi connectivity index (χ2n) is 4.98. The van der Waals surface area contributed by atoms with Crippen molar-refractivity contribution in [1.29, 1.82) is 0 Å². The molecule has 1 saturated carbocycles. The molecule has 1 aliphatic heterocycles. The summed E-state index contributed by atoms with van der Waals surface area (Å²) in [6.45, 7) is 2.14. The van der Waals surface area contributed by atoms with Crippen molar-refractivity contribution in [2.75, 3.05) is 7.11 Å². The molecule has 1 aliphatic carbocycles. The third-order valence-corrected chi connectivity index (χ3v) is 3.75. The Kier molecular flexibility index (Phi) is 2.62. The van der Waals surface area contributed by atoms with E-state index in [1.807, 2.05) is 24.3 Å². The van der Waals surface area contributed by atoms with E-state index < -0.39 is 0 Å². The summed E-state index contributed by atoms with van der Waals surface area (Å²) in [5.41, 5.74) is 1.75. The molecular weight excluding hydrogens is 228 g/mol. The Morgan fingerprint density at radius 3 is 3.00 bits per heavy atom. The molecule has 0 radical (unpaired) electrons. The quantitative estimate of drug-likeness (QED) is 0.762. The van der Waals surface area contributed by atoms with Crippen molar-refractivity contribution in [3.05, 3.63) is 29.3 Å². The van der Waals surface area contributed by atoms with E-state index in [1.54, 1.807) is 7.11 Å². The van der Waals surface area contributed by atoms with E-state index in [9.17, 15) is 4.79 Å². The molecule has 1 fully saturated rings. The fourth-order valence-electron chi connectivity index (χ4n) is 2.64. The molecule has 0 bridgehead atoms. The first-order chi connectivity index (χ1) is 8.69. The zero-order chi connectivity index (χ0) is 12.7. The van der Waals surface area contributed by atoms with Crippen LogP contribution in [0.2, 0.25) is 0 Å². The van der Waals surface area contributed by atoms with Gasteiger partial charge in [-0.15, -0.1) is 0 Å². The van der Waals surface area contributed by atoms with Gasteiger partial charge in [0.2, 0.25) is 0 Å². The van der Waals surface area contributed by atoms with Crippen molar-refractivity contribution < 1.29 is 14.3 Å². The van der Waals surface area contributed by atoms with Gasteiger partial charge in [-0.05, 0) is 36.6 Å². The predicted octanol–water partition coefficient (Wildman–Crippen LogP) is 2.84. The van der Waals surface area contributed by atoms with Crippen LogP contribution in [0, 0.1) is 5.92 Å². The molecule has 3 rings (SSSR count). The van der Waals surface area contributed by atoms with Gasteiger partial charge >= 0.3 is 0 Å². The number of hydrogen-bond donors (Lipinski definition) is 0. The molecule has 0 N–H and O–H groups in total. The number of benzene rings is 1. The molecule has 1 aromatic carbocycles. The number of carbonyl (C=O) groups is 1. The lowest BCUT2D eigenvalue weighted by Gasteiger charge is -2.34. The van der Waals surface area contributed by atoms with E-state index in [4.69, 9.17) is 9.47 Å². The number of ether oxygens (including phenoxy) is 2. The minimum atomic E-state index is -0.0767. The summed E-state index contributed by atoms with van der Waals surface area (Å²) in [6, 6.07) is 5.70. The smallest absolute Gasteiger partial charge is 0.162 e. The fraction of sp³-hybridized carbons (Fsp3) is 0.400. The molecule has 3 heteroatoms. The maximum atomic E-state index is 12.0. The lowest BCUT2D eigenvalue weighted by molar-refractivity contribution is -0.118. The number of methoxy groups -OCH3 is 1. The van der Waals surface area contributed by atoms with E-state index in [2.05, 4.69) is 6.92 Å². The fourth-order valence-corrected chi connectivity index (χ4v) is 2.64. The van der Waals surface area contributed by atoms with Crippen molar-refractivity contribution >= 4 is 11.9 Å². The second kappa shape index (κ2) is 4.16. The van der Waals surface area contributed by atoms with Crippen molar-refractivity contribution in [1.82, 2.24) is 0 Å². The number of hydrogen-bond acceptors (Lipinski definition) is 3. The van der Waals surface area contributed by atoms with Crippen LogP contribution in [0.1, 0.15) is 25.3 Å². The average molecular weight is 244 g/mol. The van der Waals surface area contributed by atoms with Crippen LogP contribution < -0.4 is 9.47 Å². The number of Topliss-reactive ketones (excluding diaryl/α,β-unsaturated/α-hetero) is 1. The molecule has 94 valence electrons. The minimum Gasteiger partial charge on any atom is -0.497 e. The van der Waals surface area contributed by atoms with Crippen molar-refractivity contribution in [3.63, 3.8) is 0 Å². The molecule has 0 aromatic heterocycles. The zero-order valence-electron chi connectivity index (χ0n) is 10.6. The normalized spacial score (nSPS) is 25.7. The Morgan fingerprint density at radius 1 is 1.39 bits per heavy atom. The van der Waals surface area contributed by atoms with Gasteiger partial charge in [0.15, 0.2) is 5.78 Å². The topological polar surface area (TPSA) is 35.5 Å². The van der Waals surface area contributed by atoms with Crippen LogP contribution in [0.15, 0.2) is 23.8 Å². The highest BCUT2D eigenvalue weighted by atomic mass is 16.5. The van der Waals surface area contributed by atoms with Crippen molar-refractivity contribution in [2.24, 2.45) is 5.92 Å². The lowest BCUT2D eigenvalue weighted by atomic mass is 9.81. The van der Waals surface area contributed by atoms with Crippen LogP contribution in [0.3, 0.4) is 0 Å². The summed E-state index contributed by atoms with van der Waals surface area (Å²) in [6.07, 6.45) is 3.43. The van der Waals surface area contributed by atoms with Crippen LogP contribution in [0.25, 0.3) is 6.08 Å². The van der Waals surface area contributed by atoms with E-state index >= 15 is 0 Å². The molecule has 2 atom stereocenters. The van der Waals surface area contributed by atoms with Gasteiger partial charge in [0.25, 0.3) is 0 Å². The maximum Gasteiger partial charge on any atom is 0.162 e. The first kappa shape index (κ1) is 11.3. The Hall–Kier alpha value is -1.77. The van der Waals surface area contributed by atoms with E-state index in [0.717, 1.165) is 29.1 Å². The van der Waals surface area contributed by atoms with Gasteiger partial charge < -0.3 is 9.47 Å². The van der Waals surface area contributed by atoms with Gasteiger partial charge in [0, 0.05) is 17.6 Å². The monoisotopic (exact) mass is 244 g/mol. The third kappa shape index (κ3) is 1.70. The number of carbonyl (C=O) groups excluding carboxylic acids is 1. The lowest BCUT2D eigenvalue weighted by Crippen LogP contribution is -2.37. The Morgan fingerprint density at radius 2 is 2.22 bits per heavy atom. The Labute approximate surface area is 106 Å². The van der Waals surface area contributed by atoms with Gasteiger partial charge in [-0.3, -0.25) is 4.79 Å². The standard InChI is InChI=1S/C15H16O3/c1-9-3-5-13(16)12-8-10-7-11(17-2)4-6-14(10)18-15(9)12/h4,6-9,15H,3,5H2,1-2H3. The van der Waals surface area contributed by atoms with Gasteiger partial charge in [0.1, 0.15) is 17.6 Å². The van der Waals surface area contributed by atoms with Crippen molar-refractivity contribution in [2.45, 2.75) is 25.9 Å². The average Bonchev–Trinajstić information content (AvgIpc) is 2.41. The van der Waals surface area contributed by atoms with Gasteiger partial charge in [-0.25, -0.2) is 0 Å². The van der Waals surface area contributed by atoms with Crippen molar-refractivity contribution in [3.8, 4) is 11.5 Å². The van der Waals surface area contributed by atoms with E-state index in [0.29, 0.717) is 12.3 Å². The summed E-state index contributed by atoms with van der Waals surface area (Å²) >= 11 is 0. The second-order valence-corrected chi connectivity index (χ2v) is 4.98. The predicted molar refractivity (Wildman–Crippen MR) is 68.8 cm³/mol. The minimum absolute atomic E-state index is 0.0767. The first-order valence-electron chi connectivity index (χ1n) is 6.28. The molecule has 1 aromatic rings. The van der Waals surface area contributed by atoms with Gasteiger partial charge in [-0.2, -0.15) is 0 Å². The SMILES string of the molecule is COc1ccc2c(c1)C=C1C(=O)CCC(C)C1O2. The molecule has 0 saturated heterocycles. The summed E-state index contributed by atoms with van der Waals surface area (Å²) < 4.78 is 11.2. The van der Waals surface area contributed by atoms with Crippen LogP contribution >= 0.6 is 0 Å². The molecule has 2 unspecified atom stereocenters. The van der Waals surface area contributed by atoms with Gasteiger partial charge in [-0.1, -0.05) is 6.92 Å². The number of ketones is 1. The molecule has 0 spiro atoms. The molecule has 0 amide bonds. The maximum absolute atomic E-state index is 12.0. The number of fused-ring (bicyclic) bond motifs is 2. The molecular formula is C15H16O3.